The van der Waals surface area contributed by atoms with Gasteiger partial charge in [-0.2, -0.15) is 0 Å². The van der Waals surface area contributed by atoms with Crippen LogP contribution in [0, 0.1) is 0 Å². The molecule has 0 aliphatic carbocycles. The second-order valence-corrected chi connectivity index (χ2v) is 5.16. The van der Waals surface area contributed by atoms with Gasteiger partial charge in [0.25, 0.3) is 0 Å². The van der Waals surface area contributed by atoms with E-state index in [1.54, 1.807) is 25.1 Å². The van der Waals surface area contributed by atoms with Crippen molar-refractivity contribution in [3.8, 4) is 0 Å². The van der Waals surface area contributed by atoms with Crippen LogP contribution < -0.4 is 5.32 Å². The smallest absolute Gasteiger partial charge is 0.333 e. The predicted molar refractivity (Wildman–Crippen MR) is 72.3 cm³/mol. The lowest BCUT2D eigenvalue weighted by Crippen LogP contribution is -2.33. The topological polar surface area (TPSA) is 66.4 Å². The van der Waals surface area contributed by atoms with E-state index in [1.165, 1.54) is 0 Å². The van der Waals surface area contributed by atoms with E-state index >= 15 is 0 Å². The van der Waals surface area contributed by atoms with Crippen molar-refractivity contribution in [2.75, 3.05) is 0 Å². The molecule has 2 rings (SSSR count). The van der Waals surface area contributed by atoms with Crippen LogP contribution in [-0.2, 0) is 9.59 Å². The summed E-state index contributed by atoms with van der Waals surface area (Å²) < 4.78 is 0. The molecule has 0 unspecified atom stereocenters. The molecule has 2 N–H and O–H groups in total. The molecule has 1 aromatic rings. The highest BCUT2D eigenvalue weighted by atomic mass is 35.5. The SMILES string of the molecule is CC1=C(C(=O)O)[C@@H](c2ccc(Cl)cc2Cl)CC(=O)N1. The van der Waals surface area contributed by atoms with Crippen molar-refractivity contribution < 1.29 is 14.7 Å². The van der Waals surface area contributed by atoms with Crippen molar-refractivity contribution >= 4 is 35.1 Å². The highest BCUT2D eigenvalue weighted by molar-refractivity contribution is 6.35. The van der Waals surface area contributed by atoms with E-state index in [-0.39, 0.29) is 17.9 Å². The lowest BCUT2D eigenvalue weighted by Gasteiger charge is -2.26. The first-order chi connectivity index (χ1) is 8.90. The van der Waals surface area contributed by atoms with Gasteiger partial charge in [0, 0.05) is 28.1 Å². The van der Waals surface area contributed by atoms with Crippen molar-refractivity contribution in [1.82, 2.24) is 5.32 Å². The fourth-order valence-corrected chi connectivity index (χ4v) is 2.78. The highest BCUT2D eigenvalue weighted by Crippen LogP contribution is 2.37. The number of hydrogen-bond donors (Lipinski definition) is 2. The molecule has 4 nitrogen and oxygen atoms in total. The van der Waals surface area contributed by atoms with Gasteiger partial charge in [0.15, 0.2) is 0 Å². The second-order valence-electron chi connectivity index (χ2n) is 4.31. The number of halogens is 2. The van der Waals surface area contributed by atoms with Gasteiger partial charge in [0.2, 0.25) is 5.91 Å². The number of carbonyl (C=O) groups excluding carboxylic acids is 1. The van der Waals surface area contributed by atoms with Gasteiger partial charge in [-0.1, -0.05) is 29.3 Å². The summed E-state index contributed by atoms with van der Waals surface area (Å²) in [5, 5.41) is 12.7. The van der Waals surface area contributed by atoms with Crippen molar-refractivity contribution in [2.45, 2.75) is 19.3 Å². The van der Waals surface area contributed by atoms with Crippen LogP contribution in [0.5, 0.6) is 0 Å². The monoisotopic (exact) mass is 299 g/mol. The molecule has 0 radical (unpaired) electrons. The number of rotatable bonds is 2. The third kappa shape index (κ3) is 2.74. The largest absolute Gasteiger partial charge is 0.478 e. The number of amides is 1. The molecule has 1 atom stereocenters. The zero-order valence-corrected chi connectivity index (χ0v) is 11.5. The standard InChI is InChI=1S/C13H11Cl2NO3/c1-6-12(13(18)19)9(5-11(17)16-6)8-3-2-7(14)4-10(8)15/h2-4,9H,5H2,1H3,(H,16,17)(H,18,19)/t9-/m1/s1. The Hall–Kier alpha value is -1.52. The van der Waals surface area contributed by atoms with Crippen molar-refractivity contribution in [3.05, 3.63) is 45.1 Å². The van der Waals surface area contributed by atoms with E-state index in [1.807, 2.05) is 0 Å². The van der Waals surface area contributed by atoms with E-state index in [0.29, 0.717) is 21.3 Å². The Balaban J connectivity index is 2.55. The van der Waals surface area contributed by atoms with E-state index in [4.69, 9.17) is 23.2 Å². The van der Waals surface area contributed by atoms with Crippen LogP contribution in [0.25, 0.3) is 0 Å². The Morgan fingerprint density at radius 1 is 1.42 bits per heavy atom. The maximum absolute atomic E-state index is 11.6. The molecule has 0 spiro atoms. The van der Waals surface area contributed by atoms with Crippen LogP contribution in [0.3, 0.4) is 0 Å². The van der Waals surface area contributed by atoms with Crippen LogP contribution in [0.15, 0.2) is 29.5 Å². The van der Waals surface area contributed by atoms with Crippen LogP contribution in [-0.4, -0.2) is 17.0 Å². The molecule has 0 aromatic heterocycles. The van der Waals surface area contributed by atoms with Crippen LogP contribution in [0.1, 0.15) is 24.8 Å². The molecule has 1 heterocycles. The molecular weight excluding hydrogens is 289 g/mol. The minimum Gasteiger partial charge on any atom is -0.478 e. The summed E-state index contributed by atoms with van der Waals surface area (Å²) in [7, 11) is 0. The van der Waals surface area contributed by atoms with Crippen LogP contribution in [0.4, 0.5) is 0 Å². The molecule has 0 fully saturated rings. The second kappa shape index (κ2) is 5.23. The summed E-state index contributed by atoms with van der Waals surface area (Å²) in [6.07, 6.45) is 0.0559. The maximum atomic E-state index is 11.6. The fourth-order valence-electron chi connectivity index (χ4n) is 2.24. The van der Waals surface area contributed by atoms with Gasteiger partial charge >= 0.3 is 5.97 Å². The summed E-state index contributed by atoms with van der Waals surface area (Å²) in [5.74, 6) is -1.84. The molecule has 0 saturated heterocycles. The first-order valence-corrected chi connectivity index (χ1v) is 6.34. The number of aliphatic carboxylic acids is 1. The molecule has 0 bridgehead atoms. The summed E-state index contributed by atoms with van der Waals surface area (Å²) in [6, 6.07) is 4.83. The van der Waals surface area contributed by atoms with Crippen LogP contribution in [0.2, 0.25) is 10.0 Å². The average molecular weight is 300 g/mol. The number of carbonyl (C=O) groups is 2. The molecule has 1 aromatic carbocycles. The van der Waals surface area contributed by atoms with Gasteiger partial charge in [-0.25, -0.2) is 4.79 Å². The lowest BCUT2D eigenvalue weighted by atomic mass is 9.84. The number of nitrogens with one attached hydrogen (secondary N) is 1. The normalized spacial score (nSPS) is 19.3. The lowest BCUT2D eigenvalue weighted by molar-refractivity contribution is -0.133. The predicted octanol–water partition coefficient (Wildman–Crippen LogP) is 2.96. The summed E-state index contributed by atoms with van der Waals surface area (Å²) in [5.41, 5.74) is 1.10. The summed E-state index contributed by atoms with van der Waals surface area (Å²) in [4.78, 5) is 23.0. The van der Waals surface area contributed by atoms with Crippen molar-refractivity contribution in [2.24, 2.45) is 0 Å². The number of allylic oxidation sites excluding steroid dienone is 1. The first-order valence-electron chi connectivity index (χ1n) is 5.59. The molecule has 1 aliphatic rings. The van der Waals surface area contributed by atoms with E-state index < -0.39 is 11.9 Å². The van der Waals surface area contributed by atoms with Gasteiger partial charge < -0.3 is 10.4 Å². The van der Waals surface area contributed by atoms with Gasteiger partial charge in [0.1, 0.15) is 0 Å². The van der Waals surface area contributed by atoms with Gasteiger partial charge in [-0.05, 0) is 24.6 Å². The zero-order valence-electron chi connectivity index (χ0n) is 10.0. The Kier molecular flexibility index (Phi) is 3.83. The molecular formula is C13H11Cl2NO3. The third-order valence-electron chi connectivity index (χ3n) is 3.04. The molecule has 1 aliphatic heterocycles. The summed E-state index contributed by atoms with van der Waals surface area (Å²) >= 11 is 11.9. The average Bonchev–Trinajstić information content (AvgIpc) is 2.26. The quantitative estimate of drug-likeness (QED) is 0.882. The maximum Gasteiger partial charge on any atom is 0.333 e. The molecule has 6 heteroatoms. The molecule has 100 valence electrons. The third-order valence-corrected chi connectivity index (χ3v) is 3.60. The first kappa shape index (κ1) is 13.9. The van der Waals surface area contributed by atoms with Gasteiger partial charge in [0.05, 0.1) is 5.57 Å². The van der Waals surface area contributed by atoms with E-state index in [2.05, 4.69) is 5.32 Å². The highest BCUT2D eigenvalue weighted by Gasteiger charge is 2.32. The van der Waals surface area contributed by atoms with E-state index in [9.17, 15) is 14.7 Å². The molecule has 19 heavy (non-hydrogen) atoms. The van der Waals surface area contributed by atoms with Crippen molar-refractivity contribution in [1.29, 1.82) is 0 Å². The number of benzene rings is 1. The Morgan fingerprint density at radius 3 is 2.68 bits per heavy atom. The molecule has 1 amide bonds. The Labute approximate surface area is 120 Å². The minimum atomic E-state index is -1.06. The van der Waals surface area contributed by atoms with Crippen molar-refractivity contribution in [3.63, 3.8) is 0 Å². The van der Waals surface area contributed by atoms with Gasteiger partial charge in [-0.3, -0.25) is 4.79 Å². The summed E-state index contributed by atoms with van der Waals surface area (Å²) in [6.45, 7) is 1.57. The number of carboxylic acids is 1. The molecule has 0 saturated carbocycles. The number of hydrogen-bond acceptors (Lipinski definition) is 2. The Bertz CT molecular complexity index is 596. The minimum absolute atomic E-state index is 0.0559. The zero-order chi connectivity index (χ0) is 14.2. The Morgan fingerprint density at radius 2 is 2.11 bits per heavy atom. The fraction of sp³-hybridized carbons (Fsp3) is 0.231. The van der Waals surface area contributed by atoms with Gasteiger partial charge in [-0.15, -0.1) is 0 Å². The number of carboxylic acid groups (broad SMARTS) is 1. The van der Waals surface area contributed by atoms with Crippen LogP contribution >= 0.6 is 23.2 Å². The van der Waals surface area contributed by atoms with E-state index in [0.717, 1.165) is 0 Å².